The van der Waals surface area contributed by atoms with Crippen LogP contribution in [0.5, 0.6) is 0 Å². The molecule has 74 valence electrons. The van der Waals surface area contributed by atoms with Crippen molar-refractivity contribution in [1.29, 1.82) is 0 Å². The number of hydrogen-bond acceptors (Lipinski definition) is 1. The molecule has 0 spiro atoms. The summed E-state index contributed by atoms with van der Waals surface area (Å²) < 4.78 is 2.15. The molecule has 0 aliphatic carbocycles. The second kappa shape index (κ2) is 2.99. The Morgan fingerprint density at radius 3 is 2.71 bits per heavy atom. The van der Waals surface area contributed by atoms with Crippen LogP contribution in [0.25, 0.3) is 11.0 Å². The summed E-state index contributed by atoms with van der Waals surface area (Å²) in [5.41, 5.74) is 1.05. The van der Waals surface area contributed by atoms with Crippen LogP contribution in [0, 0.1) is 0 Å². The molecule has 0 saturated heterocycles. The van der Waals surface area contributed by atoms with E-state index >= 15 is 0 Å². The lowest BCUT2D eigenvalue weighted by molar-refractivity contribution is 0.408. The van der Waals surface area contributed by atoms with E-state index in [9.17, 15) is 0 Å². The van der Waals surface area contributed by atoms with Crippen LogP contribution < -0.4 is 0 Å². The summed E-state index contributed by atoms with van der Waals surface area (Å²) in [5.74, 6) is 0. The predicted molar refractivity (Wildman–Crippen MR) is 59.7 cm³/mol. The average Bonchev–Trinajstić information content (AvgIpc) is 2.45. The lowest BCUT2D eigenvalue weighted by atomic mass is 10.1. The van der Waals surface area contributed by atoms with Crippen molar-refractivity contribution in [3.63, 3.8) is 0 Å². The molecule has 0 bridgehead atoms. The van der Waals surface area contributed by atoms with E-state index in [2.05, 4.69) is 30.3 Å². The number of rotatable bonds is 0. The third-order valence-electron chi connectivity index (χ3n) is 2.22. The van der Waals surface area contributed by atoms with E-state index in [0.717, 1.165) is 11.0 Å². The molecule has 0 fully saturated rings. The minimum absolute atomic E-state index is 0.0581. The van der Waals surface area contributed by atoms with E-state index < -0.39 is 0 Å². The van der Waals surface area contributed by atoms with Crippen LogP contribution in [0.3, 0.4) is 0 Å². The van der Waals surface area contributed by atoms with Gasteiger partial charge in [0.1, 0.15) is 5.65 Å². The smallest absolute Gasteiger partial charge is 0.140 e. The van der Waals surface area contributed by atoms with Crippen molar-refractivity contribution in [2.75, 3.05) is 0 Å². The van der Waals surface area contributed by atoms with Gasteiger partial charge >= 0.3 is 0 Å². The maximum absolute atomic E-state index is 5.87. The van der Waals surface area contributed by atoms with Gasteiger partial charge in [-0.2, -0.15) is 0 Å². The number of fused-ring (bicyclic) bond motifs is 1. The second-order valence-corrected chi connectivity index (χ2v) is 4.86. The topological polar surface area (TPSA) is 17.8 Å². The largest absolute Gasteiger partial charge is 0.327 e. The van der Waals surface area contributed by atoms with Crippen molar-refractivity contribution in [2.45, 2.75) is 26.3 Å². The number of hydrogen-bond donors (Lipinski definition) is 0. The quantitative estimate of drug-likeness (QED) is 0.649. The highest BCUT2D eigenvalue weighted by molar-refractivity contribution is 6.31. The summed E-state index contributed by atoms with van der Waals surface area (Å²) >= 11 is 5.87. The third kappa shape index (κ3) is 1.50. The lowest BCUT2D eigenvalue weighted by Gasteiger charge is -2.21. The zero-order valence-electron chi connectivity index (χ0n) is 8.58. The SMILES string of the molecule is CC(C)(C)n1ccc2cc(Cl)cnc21. The Hall–Kier alpha value is -1.02. The second-order valence-electron chi connectivity index (χ2n) is 4.42. The Morgan fingerprint density at radius 2 is 2.07 bits per heavy atom. The van der Waals surface area contributed by atoms with Crippen molar-refractivity contribution in [1.82, 2.24) is 9.55 Å². The van der Waals surface area contributed by atoms with E-state index in [1.807, 2.05) is 18.3 Å². The van der Waals surface area contributed by atoms with Crippen LogP contribution in [0.1, 0.15) is 20.8 Å². The number of nitrogens with zero attached hydrogens (tertiary/aromatic N) is 2. The maximum atomic E-state index is 5.87. The summed E-state index contributed by atoms with van der Waals surface area (Å²) in [7, 11) is 0. The Morgan fingerprint density at radius 1 is 1.36 bits per heavy atom. The summed E-state index contributed by atoms with van der Waals surface area (Å²) in [6, 6.07) is 3.98. The molecule has 2 aromatic rings. The van der Waals surface area contributed by atoms with Gasteiger partial charge < -0.3 is 4.57 Å². The molecule has 0 unspecified atom stereocenters. The van der Waals surface area contributed by atoms with E-state index in [-0.39, 0.29) is 5.54 Å². The number of aromatic nitrogens is 2. The van der Waals surface area contributed by atoms with Gasteiger partial charge in [0.05, 0.1) is 5.02 Å². The minimum atomic E-state index is 0.0581. The molecule has 0 aliphatic heterocycles. The van der Waals surface area contributed by atoms with E-state index in [4.69, 9.17) is 11.6 Å². The molecular formula is C11H13ClN2. The molecule has 0 amide bonds. The Balaban J connectivity index is 2.70. The van der Waals surface area contributed by atoms with Crippen LogP contribution in [0.4, 0.5) is 0 Å². The van der Waals surface area contributed by atoms with Crippen molar-refractivity contribution in [3.8, 4) is 0 Å². The zero-order chi connectivity index (χ0) is 10.3. The molecule has 2 aromatic heterocycles. The molecule has 0 aliphatic rings. The van der Waals surface area contributed by atoms with Crippen molar-refractivity contribution < 1.29 is 0 Å². The van der Waals surface area contributed by atoms with Crippen LogP contribution in [-0.2, 0) is 5.54 Å². The lowest BCUT2D eigenvalue weighted by Crippen LogP contribution is -2.20. The standard InChI is InChI=1S/C11H13ClN2/c1-11(2,3)14-5-4-8-6-9(12)7-13-10(8)14/h4-7H,1-3H3. The van der Waals surface area contributed by atoms with E-state index in [0.29, 0.717) is 5.02 Å². The van der Waals surface area contributed by atoms with Gasteiger partial charge in [-0.15, -0.1) is 0 Å². The fraction of sp³-hybridized carbons (Fsp3) is 0.364. The Bertz CT molecular complexity index is 466. The van der Waals surface area contributed by atoms with Gasteiger partial charge in [0.15, 0.2) is 0 Å². The first-order valence-corrected chi connectivity index (χ1v) is 4.99. The molecular weight excluding hydrogens is 196 g/mol. The minimum Gasteiger partial charge on any atom is -0.327 e. The fourth-order valence-electron chi connectivity index (χ4n) is 1.54. The summed E-state index contributed by atoms with van der Waals surface area (Å²) in [4.78, 5) is 4.34. The van der Waals surface area contributed by atoms with Crippen LogP contribution in [0.15, 0.2) is 24.5 Å². The highest BCUT2D eigenvalue weighted by atomic mass is 35.5. The molecule has 2 rings (SSSR count). The molecule has 2 nitrogen and oxygen atoms in total. The molecule has 2 heterocycles. The monoisotopic (exact) mass is 208 g/mol. The first-order chi connectivity index (χ1) is 6.48. The highest BCUT2D eigenvalue weighted by Gasteiger charge is 2.15. The Labute approximate surface area is 88.5 Å². The number of halogens is 1. The number of pyridine rings is 1. The van der Waals surface area contributed by atoms with Gasteiger partial charge in [-0.3, -0.25) is 0 Å². The predicted octanol–water partition coefficient (Wildman–Crippen LogP) is 3.44. The first-order valence-electron chi connectivity index (χ1n) is 4.61. The fourth-order valence-corrected chi connectivity index (χ4v) is 1.70. The molecule has 14 heavy (non-hydrogen) atoms. The molecule has 0 saturated carbocycles. The normalized spacial score (nSPS) is 12.3. The third-order valence-corrected chi connectivity index (χ3v) is 2.42. The van der Waals surface area contributed by atoms with Crippen molar-refractivity contribution in [2.24, 2.45) is 0 Å². The molecule has 0 N–H and O–H groups in total. The van der Waals surface area contributed by atoms with Gasteiger partial charge in [-0.05, 0) is 32.9 Å². The maximum Gasteiger partial charge on any atom is 0.140 e. The highest BCUT2D eigenvalue weighted by Crippen LogP contribution is 2.23. The molecule has 0 aromatic carbocycles. The average molecular weight is 209 g/mol. The molecule has 0 atom stereocenters. The van der Waals surface area contributed by atoms with Crippen LogP contribution in [-0.4, -0.2) is 9.55 Å². The van der Waals surface area contributed by atoms with Gasteiger partial charge in [0.25, 0.3) is 0 Å². The summed E-state index contributed by atoms with van der Waals surface area (Å²) in [6.45, 7) is 6.47. The Kier molecular flexibility index (Phi) is 2.04. The van der Waals surface area contributed by atoms with E-state index in [1.54, 1.807) is 6.20 Å². The van der Waals surface area contributed by atoms with Crippen LogP contribution in [0.2, 0.25) is 5.02 Å². The van der Waals surface area contributed by atoms with E-state index in [1.165, 1.54) is 0 Å². The van der Waals surface area contributed by atoms with Gasteiger partial charge in [0.2, 0.25) is 0 Å². The van der Waals surface area contributed by atoms with Crippen molar-refractivity contribution in [3.05, 3.63) is 29.5 Å². The zero-order valence-corrected chi connectivity index (χ0v) is 9.34. The van der Waals surface area contributed by atoms with Gasteiger partial charge in [-0.1, -0.05) is 11.6 Å². The summed E-state index contributed by atoms with van der Waals surface area (Å²) in [6.07, 6.45) is 3.74. The summed E-state index contributed by atoms with van der Waals surface area (Å²) in [5, 5.41) is 1.77. The van der Waals surface area contributed by atoms with Crippen molar-refractivity contribution >= 4 is 22.6 Å². The molecule has 0 radical (unpaired) electrons. The first kappa shape index (κ1) is 9.53. The van der Waals surface area contributed by atoms with Gasteiger partial charge in [0, 0.05) is 23.3 Å². The van der Waals surface area contributed by atoms with Gasteiger partial charge in [-0.25, -0.2) is 4.98 Å². The van der Waals surface area contributed by atoms with Crippen LogP contribution >= 0.6 is 11.6 Å². The molecule has 3 heteroatoms.